The molecule has 0 unspecified atom stereocenters. The van der Waals surface area contributed by atoms with Gasteiger partial charge in [-0.25, -0.2) is 9.67 Å². The number of amides is 1. The Kier molecular flexibility index (Phi) is 4.00. The molecule has 4 rings (SSSR count). The molecule has 1 N–H and O–H groups in total. The van der Waals surface area contributed by atoms with Crippen molar-refractivity contribution >= 4 is 43.4 Å². The van der Waals surface area contributed by atoms with Crippen LogP contribution in [0, 0.1) is 0 Å². The number of hydrogen-bond donors (Lipinski definition) is 1. The van der Waals surface area contributed by atoms with Gasteiger partial charge in [-0.15, -0.1) is 0 Å². The van der Waals surface area contributed by atoms with E-state index in [2.05, 4.69) is 15.4 Å². The number of hydrogen-bond acceptors (Lipinski definition) is 5. The van der Waals surface area contributed by atoms with E-state index in [4.69, 9.17) is 0 Å². The minimum atomic E-state index is -0.380. The minimum absolute atomic E-state index is 0.152. The lowest BCUT2D eigenvalue weighted by Gasteiger charge is -2.12. The first-order valence-electron chi connectivity index (χ1n) is 8.23. The monoisotopic (exact) mass is 364 g/mol. The highest BCUT2D eigenvalue weighted by molar-refractivity contribution is 7.22. The summed E-state index contributed by atoms with van der Waals surface area (Å²) in [5.74, 6) is -0.380. The quantitative estimate of drug-likeness (QED) is 0.599. The first-order valence-corrected chi connectivity index (χ1v) is 9.05. The van der Waals surface area contributed by atoms with Gasteiger partial charge in [0.25, 0.3) is 11.5 Å². The summed E-state index contributed by atoms with van der Waals surface area (Å²) in [6.07, 6.45) is 0. The Morgan fingerprint density at radius 1 is 1.08 bits per heavy atom. The highest BCUT2D eigenvalue weighted by atomic mass is 32.1. The number of anilines is 1. The summed E-state index contributed by atoms with van der Waals surface area (Å²) >= 11 is 1.40. The van der Waals surface area contributed by atoms with E-state index in [9.17, 15) is 9.59 Å². The van der Waals surface area contributed by atoms with E-state index < -0.39 is 0 Å². The number of carbonyl (C=O) groups is 1. The van der Waals surface area contributed by atoms with Gasteiger partial charge in [-0.2, -0.15) is 5.10 Å². The fraction of sp³-hybridized carbons (Fsp3) is 0.158. The van der Waals surface area contributed by atoms with Crippen LogP contribution in [0.2, 0.25) is 0 Å². The van der Waals surface area contributed by atoms with Crippen LogP contribution in [-0.4, -0.2) is 20.7 Å². The number of aromatic nitrogens is 3. The Morgan fingerprint density at radius 3 is 2.50 bits per heavy atom. The Labute approximate surface area is 153 Å². The molecule has 7 heteroatoms. The van der Waals surface area contributed by atoms with Crippen molar-refractivity contribution in [2.45, 2.75) is 19.9 Å². The molecule has 0 radical (unpaired) electrons. The summed E-state index contributed by atoms with van der Waals surface area (Å²) in [6, 6.07) is 14.6. The van der Waals surface area contributed by atoms with Crippen molar-refractivity contribution in [1.82, 2.24) is 14.8 Å². The molecule has 6 nitrogen and oxygen atoms in total. The van der Waals surface area contributed by atoms with Crippen molar-refractivity contribution in [1.29, 1.82) is 0 Å². The van der Waals surface area contributed by atoms with E-state index in [-0.39, 0.29) is 23.2 Å². The number of nitrogens with one attached hydrogen (secondary N) is 1. The number of benzene rings is 2. The molecule has 0 atom stereocenters. The summed E-state index contributed by atoms with van der Waals surface area (Å²) in [6.45, 7) is 3.72. The van der Waals surface area contributed by atoms with Crippen LogP contribution < -0.4 is 10.9 Å². The lowest BCUT2D eigenvalue weighted by atomic mass is 10.1. The Balaban J connectivity index is 1.81. The second-order valence-corrected chi connectivity index (χ2v) is 7.21. The predicted octanol–water partition coefficient (Wildman–Crippen LogP) is 3.84. The van der Waals surface area contributed by atoms with Gasteiger partial charge in [-0.1, -0.05) is 41.7 Å². The molecule has 0 aliphatic heterocycles. The predicted molar refractivity (Wildman–Crippen MR) is 104 cm³/mol. The fourth-order valence-electron chi connectivity index (χ4n) is 2.81. The van der Waals surface area contributed by atoms with Crippen molar-refractivity contribution in [3.05, 3.63) is 64.6 Å². The second kappa shape index (κ2) is 6.34. The van der Waals surface area contributed by atoms with Gasteiger partial charge in [-0.3, -0.25) is 14.9 Å². The molecular weight excluding hydrogens is 348 g/mol. The molecule has 0 aliphatic carbocycles. The molecule has 0 saturated carbocycles. The van der Waals surface area contributed by atoms with Crippen molar-refractivity contribution < 1.29 is 4.79 Å². The van der Waals surface area contributed by atoms with Crippen molar-refractivity contribution in [3.8, 4) is 0 Å². The standard InChI is InChI=1S/C19H16N4O2S/c1-11(2)23-18(25)13-8-4-3-7-12(13)16(22-23)17(24)21-19-20-14-9-5-6-10-15(14)26-19/h3-11H,1-2H3,(H,20,21,24). The van der Waals surface area contributed by atoms with Crippen LogP contribution in [0.25, 0.3) is 21.0 Å². The van der Waals surface area contributed by atoms with Gasteiger partial charge in [0.2, 0.25) is 0 Å². The highest BCUT2D eigenvalue weighted by Crippen LogP contribution is 2.26. The first-order chi connectivity index (χ1) is 12.5. The number of fused-ring (bicyclic) bond motifs is 2. The van der Waals surface area contributed by atoms with Crippen LogP contribution in [0.4, 0.5) is 5.13 Å². The Hall–Kier alpha value is -3.06. The molecule has 4 aromatic rings. The van der Waals surface area contributed by atoms with Crippen LogP contribution in [0.5, 0.6) is 0 Å². The van der Waals surface area contributed by atoms with E-state index >= 15 is 0 Å². The third kappa shape index (κ3) is 2.76. The van der Waals surface area contributed by atoms with Crippen molar-refractivity contribution in [2.75, 3.05) is 5.32 Å². The summed E-state index contributed by atoms with van der Waals surface area (Å²) in [5, 5.41) is 8.65. The molecule has 0 bridgehead atoms. The zero-order valence-corrected chi connectivity index (χ0v) is 15.1. The molecule has 26 heavy (non-hydrogen) atoms. The average Bonchev–Trinajstić information content (AvgIpc) is 3.04. The largest absolute Gasteiger partial charge is 0.296 e. The number of nitrogens with zero attached hydrogens (tertiary/aromatic N) is 3. The zero-order valence-electron chi connectivity index (χ0n) is 14.3. The third-order valence-electron chi connectivity index (χ3n) is 4.05. The second-order valence-electron chi connectivity index (χ2n) is 6.18. The normalized spacial score (nSPS) is 11.3. The lowest BCUT2D eigenvalue weighted by Crippen LogP contribution is -2.28. The number of para-hydroxylation sites is 1. The van der Waals surface area contributed by atoms with Gasteiger partial charge in [-0.05, 0) is 32.0 Å². The summed E-state index contributed by atoms with van der Waals surface area (Å²) in [5.41, 5.74) is 0.845. The number of carbonyl (C=O) groups excluding carboxylic acids is 1. The Morgan fingerprint density at radius 2 is 1.77 bits per heavy atom. The average molecular weight is 364 g/mol. The number of thiazole rings is 1. The Bertz CT molecular complexity index is 1160. The zero-order chi connectivity index (χ0) is 18.3. The maximum atomic E-state index is 12.9. The molecule has 2 aromatic carbocycles. The third-order valence-corrected chi connectivity index (χ3v) is 5.00. The van der Waals surface area contributed by atoms with Crippen LogP contribution in [-0.2, 0) is 0 Å². The summed E-state index contributed by atoms with van der Waals surface area (Å²) in [4.78, 5) is 29.9. The smallest absolute Gasteiger partial charge is 0.278 e. The summed E-state index contributed by atoms with van der Waals surface area (Å²) in [7, 11) is 0. The van der Waals surface area contributed by atoms with Crippen molar-refractivity contribution in [2.24, 2.45) is 0 Å². The maximum absolute atomic E-state index is 12.9. The van der Waals surface area contributed by atoms with E-state index in [1.165, 1.54) is 16.0 Å². The molecule has 2 heterocycles. The van der Waals surface area contributed by atoms with Crippen LogP contribution in [0.1, 0.15) is 30.4 Å². The van der Waals surface area contributed by atoms with Crippen LogP contribution in [0.3, 0.4) is 0 Å². The van der Waals surface area contributed by atoms with E-state index in [0.717, 1.165) is 10.2 Å². The molecule has 0 aliphatic rings. The SMILES string of the molecule is CC(C)n1nc(C(=O)Nc2nc3ccccc3s2)c2ccccc2c1=O. The maximum Gasteiger partial charge on any atom is 0.278 e. The van der Waals surface area contributed by atoms with E-state index in [0.29, 0.717) is 15.9 Å². The van der Waals surface area contributed by atoms with E-state index in [1.54, 1.807) is 24.3 Å². The molecule has 0 saturated heterocycles. The molecule has 130 valence electrons. The van der Waals surface area contributed by atoms with Crippen molar-refractivity contribution in [3.63, 3.8) is 0 Å². The molecular formula is C19H16N4O2S. The van der Waals surface area contributed by atoms with Gasteiger partial charge >= 0.3 is 0 Å². The topological polar surface area (TPSA) is 76.9 Å². The van der Waals surface area contributed by atoms with E-state index in [1.807, 2.05) is 38.1 Å². The first kappa shape index (κ1) is 16.4. The highest BCUT2D eigenvalue weighted by Gasteiger charge is 2.19. The number of rotatable bonds is 3. The van der Waals surface area contributed by atoms with Gasteiger partial charge in [0.1, 0.15) is 0 Å². The minimum Gasteiger partial charge on any atom is -0.296 e. The molecule has 0 fully saturated rings. The van der Waals surface area contributed by atoms with Gasteiger partial charge in [0.15, 0.2) is 10.8 Å². The van der Waals surface area contributed by atoms with Gasteiger partial charge < -0.3 is 0 Å². The molecule has 1 amide bonds. The van der Waals surface area contributed by atoms with Gasteiger partial charge in [0.05, 0.1) is 21.6 Å². The lowest BCUT2D eigenvalue weighted by molar-refractivity contribution is 0.102. The van der Waals surface area contributed by atoms with Crippen LogP contribution >= 0.6 is 11.3 Å². The van der Waals surface area contributed by atoms with Gasteiger partial charge in [0, 0.05) is 5.39 Å². The summed E-state index contributed by atoms with van der Waals surface area (Å²) < 4.78 is 2.34. The van der Waals surface area contributed by atoms with Crippen LogP contribution in [0.15, 0.2) is 53.3 Å². The molecule has 0 spiro atoms. The fourth-order valence-corrected chi connectivity index (χ4v) is 3.67. The molecule has 2 aromatic heterocycles.